The van der Waals surface area contributed by atoms with Gasteiger partial charge < -0.3 is 28.4 Å². The van der Waals surface area contributed by atoms with Gasteiger partial charge in [0.05, 0.1) is 41.1 Å². The molecule has 7 fully saturated rings. The van der Waals surface area contributed by atoms with Crippen LogP contribution < -0.4 is 23.7 Å². The molecule has 7 nitrogen and oxygen atoms in total. The Labute approximate surface area is 810 Å². The first kappa shape index (κ1) is 115. The predicted molar refractivity (Wildman–Crippen MR) is 509 cm³/mol. The zero-order chi connectivity index (χ0) is 101. The fourth-order valence-electron chi connectivity index (χ4n) is 17.3. The van der Waals surface area contributed by atoms with E-state index in [1.165, 1.54) is 153 Å². The van der Waals surface area contributed by atoms with E-state index in [0.717, 1.165) is 107 Å². The number of carbonyl (C=O) groups is 1. The Morgan fingerprint density at radius 3 is 1.05 bits per heavy atom. The maximum absolute atomic E-state index is 14.1. The normalized spacial score (nSPS) is 23.5. The van der Waals surface area contributed by atoms with Crippen LogP contribution in [0.15, 0.2) is 97.1 Å². The number of aryl methyl sites for hydroxylation is 7. The monoisotopic (exact) mass is 2000 g/mol. The van der Waals surface area contributed by atoms with Crippen molar-refractivity contribution in [2.24, 2.45) is 76.9 Å². The number of alkyl halides is 7. The number of carbonyl (C=O) groups excluding carboxylic acids is 1. The molecule has 7 aromatic rings. The van der Waals surface area contributed by atoms with Crippen LogP contribution in [0.25, 0.3) is 0 Å². The first-order valence-electron chi connectivity index (χ1n) is 47.7. The number of ketones is 1. The Morgan fingerprint density at radius 2 is 0.640 bits per heavy atom. The van der Waals surface area contributed by atoms with E-state index in [9.17, 15) is 92.6 Å². The molecule has 0 amide bonds. The number of hydrogen-bond acceptors (Lipinski definition) is 7. The molecule has 0 aromatic heterocycles. The van der Waals surface area contributed by atoms with Crippen molar-refractivity contribution < 1.29 is 131 Å². The van der Waals surface area contributed by atoms with Crippen molar-refractivity contribution in [3.8, 4) is 28.7 Å². The Bertz CT molecular complexity index is 4700. The first-order valence-corrected chi connectivity index (χ1v) is 48.4. The lowest BCUT2D eigenvalue weighted by Crippen LogP contribution is -2.37. The first-order chi connectivity index (χ1) is 64.0. The molecule has 0 spiro atoms. The largest absolute Gasteiger partial charge is 0.490 e. The number of hydrogen-bond donors (Lipinski definition) is 0. The summed E-state index contributed by atoms with van der Waals surface area (Å²) in [6.07, 6.45) is 18.5. The molecule has 7 aliphatic rings. The van der Waals surface area contributed by atoms with Gasteiger partial charge in [-0.3, -0.25) is 4.79 Å². The van der Waals surface area contributed by atoms with E-state index in [-0.39, 0.29) is 83.9 Å². The second-order valence-corrected chi connectivity index (χ2v) is 39.4. The third kappa shape index (κ3) is 35.1. The Kier molecular flexibility index (Phi) is 46.3. The highest BCUT2D eigenvalue weighted by Gasteiger charge is 2.47. The van der Waals surface area contributed by atoms with Gasteiger partial charge in [0.2, 0.25) is 17.5 Å². The lowest BCUT2D eigenvalue weighted by molar-refractivity contribution is -0.225. The lowest BCUT2D eigenvalue weighted by atomic mass is 9.79. The summed E-state index contributed by atoms with van der Waals surface area (Å²) in [6.45, 7) is 25.7. The summed E-state index contributed by atoms with van der Waals surface area (Å²) in [5.74, 6) is -12.0. The number of rotatable bonds is 20. The van der Waals surface area contributed by atoms with Gasteiger partial charge >= 0.3 is 18.3 Å². The molecule has 136 heavy (non-hydrogen) atoms. The van der Waals surface area contributed by atoms with Gasteiger partial charge in [-0.2, -0.15) is 39.5 Å². The summed E-state index contributed by atoms with van der Waals surface area (Å²) < 4.78 is 298. The van der Waals surface area contributed by atoms with Gasteiger partial charge in [-0.15, -0.1) is 0 Å². The van der Waals surface area contributed by atoms with Crippen molar-refractivity contribution >= 4 is 29.0 Å². The summed E-state index contributed by atoms with van der Waals surface area (Å²) in [6, 6.07) is 18.7. The topological polar surface area (TPSA) is 72.5 Å². The maximum atomic E-state index is 14.1. The highest BCUT2D eigenvalue weighted by atomic mass is 35.5. The van der Waals surface area contributed by atoms with E-state index in [1.807, 2.05) is 13.0 Å². The fourth-order valence-corrected chi connectivity index (χ4v) is 17.7. The Hall–Kier alpha value is -7.91. The average Bonchev–Trinajstić information content (AvgIpc) is 0.806. The van der Waals surface area contributed by atoms with Crippen molar-refractivity contribution in [2.75, 3.05) is 20.1 Å². The maximum Gasteiger partial charge on any atom is 0.400 e. The van der Waals surface area contributed by atoms with E-state index in [0.29, 0.717) is 116 Å². The van der Waals surface area contributed by atoms with Gasteiger partial charge in [0.25, 0.3) is 0 Å². The predicted octanol–water partition coefficient (Wildman–Crippen LogP) is 36.7. The molecule has 0 saturated heterocycles. The minimum Gasteiger partial charge on any atom is -0.490 e. The summed E-state index contributed by atoms with van der Waals surface area (Å²) in [4.78, 5) is 12.2. The minimum atomic E-state index is -3.47. The third-order valence-electron chi connectivity index (χ3n) is 27.2. The Morgan fingerprint density at radius 1 is 0.331 bits per heavy atom. The van der Waals surface area contributed by atoms with Crippen molar-refractivity contribution in [3.05, 3.63) is 227 Å². The van der Waals surface area contributed by atoms with Crippen LogP contribution in [0.4, 0.5) is 87.8 Å². The number of Topliss-reactive ketones (excluding diaryl/α,β-unsaturated/α-hetero) is 1. The molecule has 0 unspecified atom stereocenters. The number of allylic oxidation sites excluding steroid dienone is 1. The van der Waals surface area contributed by atoms with E-state index >= 15 is 0 Å². The van der Waals surface area contributed by atoms with Crippen LogP contribution in [0.3, 0.4) is 0 Å². The van der Waals surface area contributed by atoms with Crippen LogP contribution in [-0.4, -0.2) is 50.3 Å². The number of benzene rings is 7. The van der Waals surface area contributed by atoms with Gasteiger partial charge in [0.15, 0.2) is 88.0 Å². The van der Waals surface area contributed by atoms with Crippen molar-refractivity contribution in [2.45, 2.75) is 301 Å². The molecule has 7 aliphatic carbocycles. The fraction of sp³-hybridized carbons (Fsp3) is 0.579. The molecule has 772 valence electrons. The molecule has 7 saturated carbocycles. The van der Waals surface area contributed by atoms with Gasteiger partial charge in [-0.25, -0.2) is 48.3 Å². The SMILES string of the molecule is CC1CCC(OCF)CC1.Cc1ccc(C(=O)C2CCC(C)CC2)c(F)c1F.Cc1ccc(F)c(F)c1F.Cc1ccc(OC(F)(F)C2CCC(C)CC2)c(Cl)c1F.Cc1ccc(OC(F)(F)C2CCC(C)CC2)c(F)c1Cl.Cc1ccc(OC(F)(F)C2CCC(C)CC2)c(F)c1F.Cc1ccc(OC/C=C/C2CCC(C)CC2)c(F)c1F.Cc1ccc(OCC2CCC(C)CC2)c(F)c1F.[HH].[HH].[HH].[HH].[HH].[HH].[HH]. The molecule has 0 atom stereocenters. The van der Waals surface area contributed by atoms with E-state index < -0.39 is 130 Å². The molecule has 7 aromatic carbocycles. The molecular formula is C107H148Cl2F20O7. The smallest absolute Gasteiger partial charge is 0.400 e. The quantitative estimate of drug-likeness (QED) is 0.0326. The van der Waals surface area contributed by atoms with E-state index in [2.05, 4.69) is 57.1 Å². The standard InChI is InChI=1S/C17H22F2O.2C15H18ClF3O.C15H18F4O.C15H20F2O.C15H18F2O.C8H15FO.C7H5F3.7H2/c1-12-5-8-14(9-6-12)4-3-11-20-15-10-7-13(2)16(18)17(15)19;1-9-3-6-11(7-4-9)15(18,19)20-12-8-5-10(2)14(17)13(12)16;2*1-9-3-6-11(7-4-9)15(18,19)20-12-8-5-10(2)13(16)14(12)17;1-10-3-6-12(7-4-10)9-18-13-8-5-11(2)14(16)15(13)17;1-9-3-6-11(7-4-9)15(18)12-8-5-10(2)13(16)14(12)17;1-7-2-4-8(5-3-7)10-6-9;1-4-2-3-5(8)7(10)6(4)9;;;;;;;/h3-4,7,10,12,14H,5-6,8-9,11H2,1-2H3;3*5,8-9,11H,3-4,6-7H2,1-2H3;5,8,10,12H,3-4,6-7,9H2,1-2H3;5,8-9,11H,3-4,6-7H2,1-2H3;7-8H,2-6H2,1H3;2-3H,1H3;7*1H/b4-3+;;;;;;;;;;;;;;. The van der Waals surface area contributed by atoms with Crippen LogP contribution in [-0.2, 0) is 4.74 Å². The third-order valence-corrected chi connectivity index (χ3v) is 28.1. The van der Waals surface area contributed by atoms with Crippen molar-refractivity contribution in [3.63, 3.8) is 0 Å². The summed E-state index contributed by atoms with van der Waals surface area (Å²) in [5, 5.41) is -0.551. The summed E-state index contributed by atoms with van der Waals surface area (Å²) >= 11 is 11.4. The van der Waals surface area contributed by atoms with Gasteiger partial charge in [0.1, 0.15) is 23.2 Å². The lowest BCUT2D eigenvalue weighted by Gasteiger charge is -2.32. The molecule has 0 radical (unpaired) electrons. The molecule has 0 aliphatic heterocycles. The molecule has 0 heterocycles. The summed E-state index contributed by atoms with van der Waals surface area (Å²) in [7, 11) is 0. The molecule has 29 heteroatoms. The van der Waals surface area contributed by atoms with Crippen LogP contribution in [0.5, 0.6) is 28.7 Å². The minimum absolute atomic E-state index is 0. The zero-order valence-corrected chi connectivity index (χ0v) is 81.9. The zero-order valence-electron chi connectivity index (χ0n) is 80.4. The van der Waals surface area contributed by atoms with Crippen LogP contribution in [0.1, 0.15) is 288 Å². The van der Waals surface area contributed by atoms with Gasteiger partial charge in [-0.1, -0.05) is 203 Å². The van der Waals surface area contributed by atoms with Gasteiger partial charge in [0, 0.05) is 15.9 Å². The number of ether oxygens (including phenoxy) is 6. The second kappa shape index (κ2) is 54.8. The molecular weight excluding hydrogens is 1850 g/mol. The van der Waals surface area contributed by atoms with E-state index in [1.54, 1.807) is 19.9 Å². The highest BCUT2D eigenvalue weighted by Crippen LogP contribution is 2.46. The van der Waals surface area contributed by atoms with Crippen molar-refractivity contribution in [1.82, 2.24) is 0 Å². The van der Waals surface area contributed by atoms with E-state index in [4.69, 9.17) is 42.1 Å². The molecule has 0 bridgehead atoms. The Balaban J connectivity index is 0.00000161. The van der Waals surface area contributed by atoms with Crippen LogP contribution in [0, 0.1) is 201 Å². The molecule has 0 N–H and O–H groups in total. The molecule has 14 rings (SSSR count). The average molecular weight is 2000 g/mol. The van der Waals surface area contributed by atoms with Crippen molar-refractivity contribution in [1.29, 1.82) is 0 Å². The highest BCUT2D eigenvalue weighted by molar-refractivity contribution is 6.32. The van der Waals surface area contributed by atoms with Crippen LogP contribution in [0.2, 0.25) is 10.0 Å². The second-order valence-electron chi connectivity index (χ2n) is 38.6. The number of halogens is 22. The van der Waals surface area contributed by atoms with Gasteiger partial charge in [-0.05, 0) is 286 Å². The summed E-state index contributed by atoms with van der Waals surface area (Å²) in [5.41, 5.74) is 1.72. The van der Waals surface area contributed by atoms with Crippen LogP contribution >= 0.6 is 23.2 Å².